The van der Waals surface area contributed by atoms with Gasteiger partial charge in [0.05, 0.1) is 12.0 Å². The number of likely N-dealkylation sites (tertiary alicyclic amines) is 2. The van der Waals surface area contributed by atoms with Gasteiger partial charge in [-0.1, -0.05) is 0 Å². The predicted molar refractivity (Wildman–Crippen MR) is 91.7 cm³/mol. The number of carbonyl (C=O) groups is 1. The molecule has 2 atom stereocenters. The molecule has 3 saturated heterocycles. The van der Waals surface area contributed by atoms with E-state index in [9.17, 15) is 4.79 Å². The van der Waals surface area contributed by atoms with Gasteiger partial charge in [0.15, 0.2) is 0 Å². The molecular formula is C18H26N2O2S. The Kier molecular flexibility index (Phi) is 4.43. The highest BCUT2D eigenvalue weighted by atomic mass is 32.1. The van der Waals surface area contributed by atoms with Gasteiger partial charge in [0.1, 0.15) is 0 Å². The molecule has 3 aliphatic rings. The van der Waals surface area contributed by atoms with E-state index in [1.54, 1.807) is 11.3 Å². The summed E-state index contributed by atoms with van der Waals surface area (Å²) in [6.45, 7) is 5.01. The average molecular weight is 334 g/mol. The van der Waals surface area contributed by atoms with Crippen LogP contribution in [0.3, 0.4) is 0 Å². The maximum atomic E-state index is 12.5. The Morgan fingerprint density at radius 3 is 3.00 bits per heavy atom. The van der Waals surface area contributed by atoms with E-state index in [1.807, 2.05) is 10.3 Å². The van der Waals surface area contributed by atoms with Crippen LogP contribution in [0.25, 0.3) is 0 Å². The van der Waals surface area contributed by atoms with Gasteiger partial charge in [-0.3, -0.25) is 4.79 Å². The van der Waals surface area contributed by atoms with Crippen molar-refractivity contribution in [2.45, 2.75) is 50.2 Å². The quantitative estimate of drug-likeness (QED) is 0.852. The first-order chi connectivity index (χ1) is 11.2. The van der Waals surface area contributed by atoms with Crippen LogP contribution in [0.5, 0.6) is 0 Å². The third kappa shape index (κ3) is 3.32. The van der Waals surface area contributed by atoms with Crippen LogP contribution in [0.1, 0.15) is 37.7 Å². The molecule has 1 aromatic heterocycles. The van der Waals surface area contributed by atoms with E-state index in [4.69, 9.17) is 4.74 Å². The monoisotopic (exact) mass is 334 g/mol. The second-order valence-corrected chi connectivity index (χ2v) is 8.07. The lowest BCUT2D eigenvalue weighted by Gasteiger charge is -2.41. The third-order valence-electron chi connectivity index (χ3n) is 5.73. The molecule has 3 aliphatic heterocycles. The number of rotatable bonds is 3. The number of carbonyl (C=O) groups excluding carboxylic acids is 1. The summed E-state index contributed by atoms with van der Waals surface area (Å²) >= 11 is 1.66. The molecule has 4 nitrogen and oxygen atoms in total. The summed E-state index contributed by atoms with van der Waals surface area (Å²) in [7, 11) is 0. The summed E-state index contributed by atoms with van der Waals surface area (Å²) in [5.41, 5.74) is 1.07. The first-order valence-electron chi connectivity index (χ1n) is 8.91. The van der Waals surface area contributed by atoms with Crippen LogP contribution in [-0.4, -0.2) is 60.1 Å². The summed E-state index contributed by atoms with van der Waals surface area (Å²) in [4.78, 5) is 17.2. The zero-order chi connectivity index (χ0) is 15.7. The van der Waals surface area contributed by atoms with E-state index in [0.717, 1.165) is 44.5 Å². The van der Waals surface area contributed by atoms with Crippen molar-refractivity contribution in [3.05, 3.63) is 22.4 Å². The smallest absolute Gasteiger partial charge is 0.227 e. The molecule has 4 heterocycles. The SMILES string of the molecule is O=C(Cc1ccsc1)N1CC[C@]2(C[C@H](N3CCCC3)CCO2)C1. The van der Waals surface area contributed by atoms with Crippen molar-refractivity contribution >= 4 is 17.2 Å². The lowest BCUT2D eigenvalue weighted by atomic mass is 9.89. The minimum Gasteiger partial charge on any atom is -0.373 e. The molecule has 1 spiro atoms. The first-order valence-corrected chi connectivity index (χ1v) is 9.85. The summed E-state index contributed by atoms with van der Waals surface area (Å²) in [6.07, 6.45) is 6.49. The van der Waals surface area contributed by atoms with Crippen LogP contribution >= 0.6 is 11.3 Å². The number of ether oxygens (including phenoxy) is 1. The largest absolute Gasteiger partial charge is 0.373 e. The summed E-state index contributed by atoms with van der Waals surface area (Å²) in [5, 5.41) is 4.11. The van der Waals surface area contributed by atoms with Crippen LogP contribution in [-0.2, 0) is 16.0 Å². The minimum absolute atomic E-state index is 0.0736. The highest BCUT2D eigenvalue weighted by Gasteiger charge is 2.45. The van der Waals surface area contributed by atoms with Crippen molar-refractivity contribution in [3.63, 3.8) is 0 Å². The Labute approximate surface area is 142 Å². The fraction of sp³-hybridized carbons (Fsp3) is 0.722. The van der Waals surface area contributed by atoms with E-state index in [1.165, 1.54) is 25.9 Å². The molecule has 0 saturated carbocycles. The highest BCUT2D eigenvalue weighted by molar-refractivity contribution is 7.07. The van der Waals surface area contributed by atoms with Crippen molar-refractivity contribution in [3.8, 4) is 0 Å². The molecule has 0 radical (unpaired) electrons. The maximum absolute atomic E-state index is 12.5. The Morgan fingerprint density at radius 1 is 1.35 bits per heavy atom. The Balaban J connectivity index is 1.37. The molecule has 1 aromatic rings. The standard InChI is InChI=1S/C18H26N2O2S/c21-17(11-15-4-10-23-13-15)20-8-5-18(14-20)12-16(3-9-22-18)19-6-1-2-7-19/h4,10,13,16H,1-3,5-9,11-12,14H2/t16-,18+/m1/s1. The van der Waals surface area contributed by atoms with Gasteiger partial charge in [0.25, 0.3) is 0 Å². The van der Waals surface area contributed by atoms with Crippen LogP contribution < -0.4 is 0 Å². The number of hydrogen-bond acceptors (Lipinski definition) is 4. The predicted octanol–water partition coefficient (Wildman–Crippen LogP) is 2.54. The Hall–Kier alpha value is -0.910. The van der Waals surface area contributed by atoms with Gasteiger partial charge in [0, 0.05) is 25.7 Å². The Morgan fingerprint density at radius 2 is 2.22 bits per heavy atom. The van der Waals surface area contributed by atoms with Crippen molar-refractivity contribution in [1.29, 1.82) is 0 Å². The van der Waals surface area contributed by atoms with E-state index in [-0.39, 0.29) is 11.5 Å². The summed E-state index contributed by atoms with van der Waals surface area (Å²) < 4.78 is 6.21. The summed E-state index contributed by atoms with van der Waals surface area (Å²) in [6, 6.07) is 2.72. The van der Waals surface area contributed by atoms with Crippen LogP contribution in [0.15, 0.2) is 16.8 Å². The zero-order valence-electron chi connectivity index (χ0n) is 13.7. The van der Waals surface area contributed by atoms with Crippen molar-refractivity contribution < 1.29 is 9.53 Å². The molecule has 23 heavy (non-hydrogen) atoms. The van der Waals surface area contributed by atoms with Gasteiger partial charge < -0.3 is 14.5 Å². The van der Waals surface area contributed by atoms with Crippen LogP contribution in [0.4, 0.5) is 0 Å². The van der Waals surface area contributed by atoms with Crippen LogP contribution in [0, 0.1) is 0 Å². The molecule has 1 amide bonds. The second kappa shape index (κ2) is 6.54. The van der Waals surface area contributed by atoms with Crippen molar-refractivity contribution in [2.75, 3.05) is 32.8 Å². The average Bonchev–Trinajstić information content (AvgIpc) is 3.29. The van der Waals surface area contributed by atoms with Gasteiger partial charge in [-0.2, -0.15) is 11.3 Å². The molecule has 5 heteroatoms. The molecule has 0 unspecified atom stereocenters. The number of hydrogen-bond donors (Lipinski definition) is 0. The van der Waals surface area contributed by atoms with Gasteiger partial charge >= 0.3 is 0 Å². The third-order valence-corrected chi connectivity index (χ3v) is 6.46. The molecule has 126 valence electrons. The summed E-state index contributed by atoms with van der Waals surface area (Å²) in [5.74, 6) is 0.257. The molecule has 0 aromatic carbocycles. The van der Waals surface area contributed by atoms with E-state index in [0.29, 0.717) is 12.5 Å². The van der Waals surface area contributed by atoms with E-state index >= 15 is 0 Å². The number of nitrogens with zero attached hydrogens (tertiary/aromatic N) is 2. The molecule has 0 bridgehead atoms. The maximum Gasteiger partial charge on any atom is 0.227 e. The van der Waals surface area contributed by atoms with Crippen molar-refractivity contribution in [1.82, 2.24) is 9.80 Å². The second-order valence-electron chi connectivity index (χ2n) is 7.29. The van der Waals surface area contributed by atoms with E-state index in [2.05, 4.69) is 16.3 Å². The van der Waals surface area contributed by atoms with Gasteiger partial charge in [0.2, 0.25) is 5.91 Å². The Bertz CT molecular complexity index is 541. The molecule has 0 aliphatic carbocycles. The molecular weight excluding hydrogens is 308 g/mol. The number of thiophene rings is 1. The van der Waals surface area contributed by atoms with Crippen LogP contribution in [0.2, 0.25) is 0 Å². The van der Waals surface area contributed by atoms with Gasteiger partial charge in [-0.15, -0.1) is 0 Å². The topological polar surface area (TPSA) is 32.8 Å². The lowest BCUT2D eigenvalue weighted by molar-refractivity contribution is -0.133. The lowest BCUT2D eigenvalue weighted by Crippen LogP contribution is -2.49. The molecule has 0 N–H and O–H groups in total. The fourth-order valence-corrected chi connectivity index (χ4v) is 5.11. The fourth-order valence-electron chi connectivity index (χ4n) is 4.44. The van der Waals surface area contributed by atoms with E-state index < -0.39 is 0 Å². The van der Waals surface area contributed by atoms with Crippen molar-refractivity contribution in [2.24, 2.45) is 0 Å². The molecule has 4 rings (SSSR count). The number of amides is 1. The molecule has 3 fully saturated rings. The highest BCUT2D eigenvalue weighted by Crippen LogP contribution is 2.37. The van der Waals surface area contributed by atoms with Gasteiger partial charge in [-0.05, 0) is 67.6 Å². The first kappa shape index (κ1) is 15.6. The minimum atomic E-state index is -0.0736. The normalized spacial score (nSPS) is 32.0. The zero-order valence-corrected chi connectivity index (χ0v) is 14.5. The van der Waals surface area contributed by atoms with Gasteiger partial charge in [-0.25, -0.2) is 0 Å².